The first kappa shape index (κ1) is 17.2. The SMILES string of the molecule is O=C(COc1ccc([N+](=O)[O-])c2cccnc12)Nc1ncc([N+](=O)[O-])s1. The maximum absolute atomic E-state index is 11.9. The number of carbonyl (C=O) groups is 1. The summed E-state index contributed by atoms with van der Waals surface area (Å²) >= 11 is 0.714. The summed E-state index contributed by atoms with van der Waals surface area (Å²) in [6.45, 7) is -0.420. The Kier molecular flexibility index (Phi) is 4.66. The van der Waals surface area contributed by atoms with E-state index in [0.717, 1.165) is 6.20 Å². The van der Waals surface area contributed by atoms with Gasteiger partial charge in [0, 0.05) is 12.3 Å². The number of fused-ring (bicyclic) bond motifs is 1. The van der Waals surface area contributed by atoms with Gasteiger partial charge in [0.2, 0.25) is 0 Å². The number of hydrogen-bond donors (Lipinski definition) is 1. The third-order valence-electron chi connectivity index (χ3n) is 3.18. The Morgan fingerprint density at radius 3 is 2.69 bits per heavy atom. The molecule has 0 saturated carbocycles. The number of aromatic nitrogens is 2. The molecule has 3 aromatic rings. The van der Waals surface area contributed by atoms with Gasteiger partial charge in [0.15, 0.2) is 11.7 Å². The molecule has 0 aliphatic heterocycles. The van der Waals surface area contributed by atoms with E-state index in [1.54, 1.807) is 6.07 Å². The number of carbonyl (C=O) groups excluding carboxylic acids is 1. The van der Waals surface area contributed by atoms with Gasteiger partial charge in [-0.3, -0.25) is 35.3 Å². The number of nitro benzene ring substituents is 1. The molecular formula is C14H9N5O6S. The van der Waals surface area contributed by atoms with E-state index in [4.69, 9.17) is 4.74 Å². The molecule has 1 amide bonds. The molecule has 0 fully saturated rings. The van der Waals surface area contributed by atoms with Crippen LogP contribution in [-0.4, -0.2) is 32.3 Å². The first-order valence-corrected chi connectivity index (χ1v) is 7.82. The molecule has 0 aliphatic rings. The molecule has 12 heteroatoms. The number of hydrogen-bond acceptors (Lipinski definition) is 9. The molecular weight excluding hydrogens is 366 g/mol. The average Bonchev–Trinajstić information content (AvgIpc) is 3.08. The largest absolute Gasteiger partial charge is 0.481 e. The minimum absolute atomic E-state index is 0.0667. The molecule has 0 spiro atoms. The van der Waals surface area contributed by atoms with E-state index < -0.39 is 22.4 Å². The lowest BCUT2D eigenvalue weighted by molar-refractivity contribution is -0.383. The van der Waals surface area contributed by atoms with Gasteiger partial charge in [-0.15, -0.1) is 0 Å². The highest BCUT2D eigenvalue weighted by atomic mass is 32.1. The number of pyridine rings is 1. The Hall–Kier alpha value is -3.67. The van der Waals surface area contributed by atoms with Crippen molar-refractivity contribution in [3.05, 3.63) is 56.9 Å². The highest BCUT2D eigenvalue weighted by molar-refractivity contribution is 7.18. The van der Waals surface area contributed by atoms with Gasteiger partial charge in [-0.25, -0.2) is 4.98 Å². The average molecular weight is 375 g/mol. The number of anilines is 1. The summed E-state index contributed by atoms with van der Waals surface area (Å²) in [5.74, 6) is -0.386. The Morgan fingerprint density at radius 2 is 2.00 bits per heavy atom. The number of nitro groups is 2. The van der Waals surface area contributed by atoms with Crippen molar-refractivity contribution in [3.63, 3.8) is 0 Å². The molecule has 0 atom stereocenters. The maximum atomic E-state index is 11.9. The number of nitrogens with one attached hydrogen (secondary N) is 1. The summed E-state index contributed by atoms with van der Waals surface area (Å²) < 4.78 is 5.39. The molecule has 1 aromatic carbocycles. The van der Waals surface area contributed by atoms with Crippen molar-refractivity contribution in [2.45, 2.75) is 0 Å². The van der Waals surface area contributed by atoms with Crippen LogP contribution in [0.25, 0.3) is 10.9 Å². The Labute approximate surface area is 148 Å². The molecule has 1 N–H and O–H groups in total. The van der Waals surface area contributed by atoms with Gasteiger partial charge in [0.05, 0.1) is 15.2 Å². The maximum Gasteiger partial charge on any atom is 0.345 e. The third kappa shape index (κ3) is 3.54. The lowest BCUT2D eigenvalue weighted by atomic mass is 10.1. The second-order valence-electron chi connectivity index (χ2n) is 4.84. The van der Waals surface area contributed by atoms with E-state index in [0.29, 0.717) is 11.3 Å². The van der Waals surface area contributed by atoms with Gasteiger partial charge in [-0.2, -0.15) is 0 Å². The number of thiazole rings is 1. The van der Waals surface area contributed by atoms with Crippen molar-refractivity contribution in [2.24, 2.45) is 0 Å². The fourth-order valence-corrected chi connectivity index (χ4v) is 2.76. The Morgan fingerprint density at radius 1 is 1.19 bits per heavy atom. The van der Waals surface area contributed by atoms with Crippen LogP contribution in [0.1, 0.15) is 0 Å². The summed E-state index contributed by atoms with van der Waals surface area (Å²) in [5, 5.41) is 24.2. The number of nitrogens with zero attached hydrogens (tertiary/aromatic N) is 4. The van der Waals surface area contributed by atoms with E-state index in [9.17, 15) is 25.0 Å². The van der Waals surface area contributed by atoms with E-state index in [-0.39, 0.29) is 32.5 Å². The lowest BCUT2D eigenvalue weighted by Crippen LogP contribution is -2.20. The molecule has 26 heavy (non-hydrogen) atoms. The van der Waals surface area contributed by atoms with Crippen LogP contribution in [0.3, 0.4) is 0 Å². The van der Waals surface area contributed by atoms with Gasteiger partial charge < -0.3 is 4.74 Å². The second kappa shape index (κ2) is 7.06. The molecule has 0 bridgehead atoms. The molecule has 0 saturated heterocycles. The topological polar surface area (TPSA) is 150 Å². The van der Waals surface area contributed by atoms with Crippen molar-refractivity contribution in [3.8, 4) is 5.75 Å². The Bertz CT molecular complexity index is 1020. The van der Waals surface area contributed by atoms with E-state index in [2.05, 4.69) is 15.3 Å². The fraction of sp³-hybridized carbons (Fsp3) is 0.0714. The van der Waals surface area contributed by atoms with Gasteiger partial charge in [0.1, 0.15) is 17.5 Å². The summed E-state index contributed by atoms with van der Waals surface area (Å²) in [5.41, 5.74) is 0.124. The van der Waals surface area contributed by atoms with Crippen LogP contribution >= 0.6 is 11.3 Å². The zero-order valence-electron chi connectivity index (χ0n) is 12.8. The summed E-state index contributed by atoms with van der Waals surface area (Å²) in [4.78, 5) is 40.2. The van der Waals surface area contributed by atoms with Gasteiger partial charge in [0.25, 0.3) is 11.6 Å². The molecule has 0 aliphatic carbocycles. The van der Waals surface area contributed by atoms with E-state index >= 15 is 0 Å². The standard InChI is InChI=1S/C14H9N5O6S/c20-11(17-14-16-6-12(26-14)19(23)24)7-25-10-4-3-9(18(21)22)8-2-1-5-15-13(8)10/h1-6H,7H2,(H,16,17,20). The highest BCUT2D eigenvalue weighted by Gasteiger charge is 2.17. The second-order valence-corrected chi connectivity index (χ2v) is 5.85. The van der Waals surface area contributed by atoms with Crippen LogP contribution in [-0.2, 0) is 4.79 Å². The van der Waals surface area contributed by atoms with E-state index in [1.807, 2.05) is 0 Å². The first-order chi connectivity index (χ1) is 12.5. The van der Waals surface area contributed by atoms with Crippen molar-refractivity contribution in [2.75, 3.05) is 11.9 Å². The van der Waals surface area contributed by atoms with Gasteiger partial charge >= 0.3 is 5.00 Å². The molecule has 3 rings (SSSR count). The smallest absolute Gasteiger partial charge is 0.345 e. The third-order valence-corrected chi connectivity index (χ3v) is 4.05. The zero-order valence-corrected chi connectivity index (χ0v) is 13.6. The quantitative estimate of drug-likeness (QED) is 0.510. The number of ether oxygens (including phenoxy) is 1. The fourth-order valence-electron chi connectivity index (χ4n) is 2.11. The highest BCUT2D eigenvalue weighted by Crippen LogP contribution is 2.31. The zero-order chi connectivity index (χ0) is 18.7. The van der Waals surface area contributed by atoms with Crippen LogP contribution in [0.5, 0.6) is 5.75 Å². The number of non-ortho nitro benzene ring substituents is 1. The minimum Gasteiger partial charge on any atom is -0.481 e. The van der Waals surface area contributed by atoms with Gasteiger partial charge in [-0.1, -0.05) is 0 Å². The van der Waals surface area contributed by atoms with Crippen molar-refractivity contribution >= 4 is 44.0 Å². The van der Waals surface area contributed by atoms with Crippen molar-refractivity contribution in [1.29, 1.82) is 0 Å². The lowest BCUT2D eigenvalue weighted by Gasteiger charge is -2.08. The van der Waals surface area contributed by atoms with Crippen LogP contribution in [0.4, 0.5) is 15.8 Å². The van der Waals surface area contributed by atoms with Crippen LogP contribution < -0.4 is 10.1 Å². The van der Waals surface area contributed by atoms with Gasteiger partial charge in [-0.05, 0) is 29.5 Å². The van der Waals surface area contributed by atoms with Crippen molar-refractivity contribution in [1.82, 2.24) is 9.97 Å². The summed E-state index contributed by atoms with van der Waals surface area (Å²) in [6.07, 6.45) is 2.49. The predicted molar refractivity (Wildman–Crippen MR) is 91.3 cm³/mol. The predicted octanol–water partition coefficient (Wildman–Crippen LogP) is 2.53. The molecule has 0 unspecified atom stereocenters. The Balaban J connectivity index is 1.73. The van der Waals surface area contributed by atoms with Crippen molar-refractivity contribution < 1.29 is 19.4 Å². The monoisotopic (exact) mass is 375 g/mol. The normalized spacial score (nSPS) is 10.5. The molecule has 11 nitrogen and oxygen atoms in total. The van der Waals surface area contributed by atoms with Crippen LogP contribution in [0.15, 0.2) is 36.7 Å². The molecule has 2 aromatic heterocycles. The summed E-state index contributed by atoms with van der Waals surface area (Å²) in [7, 11) is 0. The molecule has 2 heterocycles. The van der Waals surface area contributed by atoms with Crippen LogP contribution in [0.2, 0.25) is 0 Å². The summed E-state index contributed by atoms with van der Waals surface area (Å²) in [6, 6.07) is 5.71. The minimum atomic E-state index is -0.613. The van der Waals surface area contributed by atoms with E-state index in [1.165, 1.54) is 24.4 Å². The number of rotatable bonds is 6. The number of amides is 1. The van der Waals surface area contributed by atoms with Crippen LogP contribution in [0, 0.1) is 20.2 Å². The number of benzene rings is 1. The molecule has 132 valence electrons. The molecule has 0 radical (unpaired) electrons. The first-order valence-electron chi connectivity index (χ1n) is 7.00.